The van der Waals surface area contributed by atoms with Crippen molar-refractivity contribution >= 4 is 28.8 Å². The molecule has 2 heterocycles. The molecular formula is C20H22ClN3O3S. The van der Waals surface area contributed by atoms with Crippen LogP contribution < -0.4 is 4.74 Å². The van der Waals surface area contributed by atoms with E-state index in [4.69, 9.17) is 26.3 Å². The summed E-state index contributed by atoms with van der Waals surface area (Å²) in [5.41, 5.74) is 0.693. The minimum atomic E-state index is -0.0603. The first-order chi connectivity index (χ1) is 13.6. The van der Waals surface area contributed by atoms with Crippen LogP contribution in [0.5, 0.6) is 5.75 Å². The number of hydrogen-bond donors (Lipinski definition) is 0. The molecule has 0 spiro atoms. The average molecular weight is 420 g/mol. The first kappa shape index (κ1) is 20.6. The van der Waals surface area contributed by atoms with Gasteiger partial charge in [-0.05, 0) is 44.0 Å². The number of halogens is 1. The molecule has 0 aliphatic carbocycles. The Morgan fingerprint density at radius 2 is 2.11 bits per heavy atom. The third-order valence-electron chi connectivity index (χ3n) is 4.57. The number of hydrogen-bond acceptors (Lipinski definition) is 6. The Kier molecular flexibility index (Phi) is 7.26. The number of aryl methyl sites for hydroxylation is 1. The Bertz CT molecular complexity index is 841. The summed E-state index contributed by atoms with van der Waals surface area (Å²) >= 11 is 7.23. The number of carbonyl (C=O) groups is 1. The van der Waals surface area contributed by atoms with Gasteiger partial charge in [0.15, 0.2) is 0 Å². The highest BCUT2D eigenvalue weighted by Crippen LogP contribution is 2.25. The normalized spacial score (nSPS) is 14.5. The molecule has 1 aromatic carbocycles. The lowest BCUT2D eigenvalue weighted by molar-refractivity contribution is 0.0298. The van der Waals surface area contributed by atoms with Crippen LogP contribution in [0.25, 0.3) is 0 Å². The van der Waals surface area contributed by atoms with Crippen LogP contribution in [0.3, 0.4) is 0 Å². The van der Waals surface area contributed by atoms with Gasteiger partial charge in [-0.3, -0.25) is 4.79 Å². The van der Waals surface area contributed by atoms with Crippen LogP contribution in [0.4, 0.5) is 0 Å². The number of carbonyl (C=O) groups excluding carboxylic acids is 1. The Morgan fingerprint density at radius 1 is 1.39 bits per heavy atom. The maximum Gasteiger partial charge on any atom is 0.266 e. The van der Waals surface area contributed by atoms with Crippen LogP contribution in [0.1, 0.15) is 39.6 Å². The lowest BCUT2D eigenvalue weighted by Crippen LogP contribution is -2.43. The molecule has 1 aromatic heterocycles. The zero-order chi connectivity index (χ0) is 19.9. The molecule has 0 radical (unpaired) electrons. The van der Waals surface area contributed by atoms with Gasteiger partial charge in [0.25, 0.3) is 5.91 Å². The molecule has 2 aromatic rings. The van der Waals surface area contributed by atoms with Gasteiger partial charge in [-0.2, -0.15) is 5.26 Å². The van der Waals surface area contributed by atoms with Crippen molar-refractivity contribution in [1.82, 2.24) is 9.88 Å². The summed E-state index contributed by atoms with van der Waals surface area (Å²) in [5.74, 6) is 0.637. The van der Waals surface area contributed by atoms with Crippen molar-refractivity contribution in [3.63, 3.8) is 0 Å². The summed E-state index contributed by atoms with van der Waals surface area (Å²) in [4.78, 5) is 20.1. The predicted octanol–water partition coefficient (Wildman–Crippen LogP) is 4.22. The van der Waals surface area contributed by atoms with E-state index in [0.29, 0.717) is 47.5 Å². The molecule has 1 fully saturated rings. The first-order valence-corrected chi connectivity index (χ1v) is 10.4. The number of benzene rings is 1. The lowest BCUT2D eigenvalue weighted by Gasteiger charge is -2.33. The van der Waals surface area contributed by atoms with Gasteiger partial charge in [0.05, 0.1) is 18.2 Å². The van der Waals surface area contributed by atoms with E-state index < -0.39 is 0 Å². The zero-order valence-corrected chi connectivity index (χ0v) is 17.3. The molecule has 1 saturated heterocycles. The molecule has 8 heteroatoms. The van der Waals surface area contributed by atoms with Crippen LogP contribution in [0.2, 0.25) is 5.02 Å². The summed E-state index contributed by atoms with van der Waals surface area (Å²) in [7, 11) is 0. The van der Waals surface area contributed by atoms with E-state index in [9.17, 15) is 4.79 Å². The first-order valence-electron chi connectivity index (χ1n) is 9.19. The zero-order valence-electron chi connectivity index (χ0n) is 15.7. The second-order valence-corrected chi connectivity index (χ2v) is 8.03. The van der Waals surface area contributed by atoms with Gasteiger partial charge in [-0.15, -0.1) is 11.3 Å². The SMILES string of the molecule is Cc1nc(COc2ccc(Cl)cc2)sc1C(=O)N(CCC#N)C1CCOCC1. The van der Waals surface area contributed by atoms with Gasteiger partial charge in [0.1, 0.15) is 22.2 Å². The Labute approximate surface area is 173 Å². The van der Waals surface area contributed by atoms with Crippen LogP contribution in [0.15, 0.2) is 24.3 Å². The van der Waals surface area contributed by atoms with Crippen LogP contribution in [0, 0.1) is 18.3 Å². The summed E-state index contributed by atoms with van der Waals surface area (Å²) in [6.45, 7) is 3.83. The standard InChI is InChI=1S/C20H22ClN3O3S/c1-14-19(20(25)24(10-2-9-22)16-7-11-26-12-8-16)28-18(23-14)13-27-17-5-3-15(21)4-6-17/h3-6,16H,2,7-8,10-13H2,1H3. The van der Waals surface area contributed by atoms with Gasteiger partial charge in [0.2, 0.25) is 0 Å². The summed E-state index contributed by atoms with van der Waals surface area (Å²) in [5, 5.41) is 10.4. The highest BCUT2D eigenvalue weighted by molar-refractivity contribution is 7.13. The van der Waals surface area contributed by atoms with Gasteiger partial charge < -0.3 is 14.4 Å². The monoisotopic (exact) mass is 419 g/mol. The predicted molar refractivity (Wildman–Crippen MR) is 108 cm³/mol. The molecule has 0 bridgehead atoms. The molecule has 0 unspecified atom stereocenters. The number of amides is 1. The number of thiazole rings is 1. The van der Waals surface area contributed by atoms with Crippen molar-refractivity contribution < 1.29 is 14.3 Å². The highest BCUT2D eigenvalue weighted by Gasteiger charge is 2.29. The molecule has 1 aliphatic rings. The van der Waals surface area contributed by atoms with Gasteiger partial charge in [-0.1, -0.05) is 11.6 Å². The van der Waals surface area contributed by atoms with E-state index in [1.54, 1.807) is 24.3 Å². The molecule has 0 N–H and O–H groups in total. The molecule has 3 rings (SSSR count). The molecule has 28 heavy (non-hydrogen) atoms. The maximum absolute atomic E-state index is 13.2. The van der Waals surface area contributed by atoms with Gasteiger partial charge in [0, 0.05) is 30.8 Å². The Balaban J connectivity index is 1.70. The van der Waals surface area contributed by atoms with E-state index >= 15 is 0 Å². The van der Waals surface area contributed by atoms with Crippen LogP contribution in [-0.4, -0.2) is 41.6 Å². The lowest BCUT2D eigenvalue weighted by atomic mass is 10.1. The number of nitrogens with zero attached hydrogens (tertiary/aromatic N) is 3. The van der Waals surface area contributed by atoms with Crippen molar-refractivity contribution in [2.24, 2.45) is 0 Å². The number of nitriles is 1. The van der Waals surface area contributed by atoms with E-state index in [-0.39, 0.29) is 18.6 Å². The molecule has 1 amide bonds. The van der Waals surface area contributed by atoms with Crippen molar-refractivity contribution in [2.75, 3.05) is 19.8 Å². The molecular weight excluding hydrogens is 398 g/mol. The molecule has 148 valence electrons. The third-order valence-corrected chi connectivity index (χ3v) is 5.94. The van der Waals surface area contributed by atoms with E-state index in [1.165, 1.54) is 11.3 Å². The largest absolute Gasteiger partial charge is 0.486 e. The van der Waals surface area contributed by atoms with Crippen molar-refractivity contribution in [2.45, 2.75) is 38.8 Å². The number of rotatable bonds is 7. The van der Waals surface area contributed by atoms with Crippen molar-refractivity contribution in [3.05, 3.63) is 44.9 Å². The molecule has 0 saturated carbocycles. The second kappa shape index (κ2) is 9.87. The third kappa shape index (κ3) is 5.22. The topological polar surface area (TPSA) is 75.5 Å². The maximum atomic E-state index is 13.2. The molecule has 6 nitrogen and oxygen atoms in total. The number of ether oxygens (including phenoxy) is 2. The minimum Gasteiger partial charge on any atom is -0.486 e. The van der Waals surface area contributed by atoms with Crippen LogP contribution in [-0.2, 0) is 11.3 Å². The summed E-state index contributed by atoms with van der Waals surface area (Å²) < 4.78 is 11.2. The molecule has 1 aliphatic heterocycles. The fraction of sp³-hybridized carbons (Fsp3) is 0.450. The van der Waals surface area contributed by atoms with E-state index in [1.807, 2.05) is 11.8 Å². The van der Waals surface area contributed by atoms with E-state index in [2.05, 4.69) is 11.1 Å². The number of aromatic nitrogens is 1. The highest BCUT2D eigenvalue weighted by atomic mass is 35.5. The summed E-state index contributed by atoms with van der Waals surface area (Å²) in [6.07, 6.45) is 1.90. The quantitative estimate of drug-likeness (QED) is 0.671. The smallest absolute Gasteiger partial charge is 0.266 e. The van der Waals surface area contributed by atoms with Gasteiger partial charge in [-0.25, -0.2) is 4.98 Å². The molecule has 0 atom stereocenters. The Morgan fingerprint density at radius 3 is 2.79 bits per heavy atom. The minimum absolute atomic E-state index is 0.0603. The average Bonchev–Trinajstić information content (AvgIpc) is 3.09. The Hall–Kier alpha value is -2.14. The van der Waals surface area contributed by atoms with Crippen molar-refractivity contribution in [1.29, 1.82) is 5.26 Å². The summed E-state index contributed by atoms with van der Waals surface area (Å²) in [6, 6.07) is 9.36. The second-order valence-electron chi connectivity index (χ2n) is 6.51. The fourth-order valence-corrected chi connectivity index (χ4v) is 4.20. The fourth-order valence-electron chi connectivity index (χ4n) is 3.14. The van der Waals surface area contributed by atoms with Gasteiger partial charge >= 0.3 is 0 Å². The van der Waals surface area contributed by atoms with Crippen LogP contribution >= 0.6 is 22.9 Å². The van der Waals surface area contributed by atoms with E-state index in [0.717, 1.165) is 17.8 Å². The van der Waals surface area contributed by atoms with Crippen molar-refractivity contribution in [3.8, 4) is 11.8 Å².